The van der Waals surface area contributed by atoms with Crippen molar-refractivity contribution in [3.8, 4) is 0 Å². The molecule has 9 heteroatoms. The van der Waals surface area contributed by atoms with Gasteiger partial charge in [-0.05, 0) is 23.4 Å². The fourth-order valence-corrected chi connectivity index (χ4v) is 4.99. The molecule has 0 atom stereocenters. The molecule has 0 aromatic carbocycles. The van der Waals surface area contributed by atoms with Gasteiger partial charge in [0.2, 0.25) is 0 Å². The third-order valence-corrected chi connectivity index (χ3v) is 6.73. The van der Waals surface area contributed by atoms with E-state index in [1.165, 1.54) is 12.0 Å². The van der Waals surface area contributed by atoms with Crippen molar-refractivity contribution >= 4 is 57.7 Å². The molecular formula is C17H25IN6S2. The number of fused-ring (bicyclic) bond motifs is 1. The second-order valence-electron chi connectivity index (χ2n) is 6.42. The number of aliphatic imine (C=N–C) groups is 1. The average molecular weight is 504 g/mol. The number of hydrogen-bond donors (Lipinski definition) is 1. The van der Waals surface area contributed by atoms with E-state index in [1.807, 2.05) is 22.9 Å². The number of nitrogens with zero attached hydrogens (tertiary/aromatic N) is 5. The Hall–Kier alpha value is -0.910. The van der Waals surface area contributed by atoms with Gasteiger partial charge in [0.05, 0.1) is 6.54 Å². The Balaban J connectivity index is 0.00000196. The smallest absolute Gasteiger partial charge is 0.191 e. The number of thiophene rings is 1. The number of thiazole rings is 1. The van der Waals surface area contributed by atoms with Gasteiger partial charge >= 0.3 is 0 Å². The van der Waals surface area contributed by atoms with Crippen LogP contribution in [-0.2, 0) is 13.0 Å². The summed E-state index contributed by atoms with van der Waals surface area (Å²) in [5.41, 5.74) is 7.71. The molecule has 0 radical (unpaired) electrons. The maximum absolute atomic E-state index is 6.22. The lowest BCUT2D eigenvalue weighted by Crippen LogP contribution is -2.51. The Kier molecular flexibility index (Phi) is 7.12. The summed E-state index contributed by atoms with van der Waals surface area (Å²) in [6, 6.07) is 2.26. The molecule has 142 valence electrons. The van der Waals surface area contributed by atoms with Crippen LogP contribution < -0.4 is 10.6 Å². The normalized spacial score (nSPS) is 18.5. The molecule has 0 saturated carbocycles. The first-order valence-electron chi connectivity index (χ1n) is 8.76. The molecule has 0 aliphatic carbocycles. The minimum atomic E-state index is 0. The lowest BCUT2D eigenvalue weighted by atomic mass is 10.1. The summed E-state index contributed by atoms with van der Waals surface area (Å²) in [4.78, 5) is 17.5. The summed E-state index contributed by atoms with van der Waals surface area (Å²) in [6.07, 6.45) is 3.03. The zero-order valence-electron chi connectivity index (χ0n) is 14.7. The molecule has 0 spiro atoms. The summed E-state index contributed by atoms with van der Waals surface area (Å²) in [5.74, 6) is 0.687. The molecular weight excluding hydrogens is 479 g/mol. The van der Waals surface area contributed by atoms with Gasteiger partial charge in [-0.1, -0.05) is 0 Å². The van der Waals surface area contributed by atoms with E-state index in [-0.39, 0.29) is 24.0 Å². The van der Waals surface area contributed by atoms with Crippen LogP contribution in [0.25, 0.3) is 0 Å². The number of piperazine rings is 1. The minimum absolute atomic E-state index is 0. The molecule has 2 aromatic heterocycles. The van der Waals surface area contributed by atoms with Gasteiger partial charge in [0.1, 0.15) is 0 Å². The lowest BCUT2D eigenvalue weighted by Gasteiger charge is -2.35. The van der Waals surface area contributed by atoms with E-state index in [0.717, 1.165) is 57.5 Å². The Bertz CT molecular complexity index is 709. The second-order valence-corrected chi connectivity index (χ2v) is 8.30. The average Bonchev–Trinajstić information content (AvgIpc) is 3.33. The quantitative estimate of drug-likeness (QED) is 0.394. The summed E-state index contributed by atoms with van der Waals surface area (Å²) >= 11 is 3.58. The van der Waals surface area contributed by atoms with Gasteiger partial charge in [-0.15, -0.1) is 46.7 Å². The molecule has 4 rings (SSSR count). The lowest BCUT2D eigenvalue weighted by molar-refractivity contribution is 0.263. The number of rotatable bonds is 4. The van der Waals surface area contributed by atoms with Gasteiger partial charge in [-0.25, -0.2) is 4.98 Å². The molecule has 1 saturated heterocycles. The number of guanidine groups is 1. The molecule has 0 bridgehead atoms. The Morgan fingerprint density at radius 1 is 1.15 bits per heavy atom. The third kappa shape index (κ3) is 4.68. The van der Waals surface area contributed by atoms with E-state index >= 15 is 0 Å². The maximum Gasteiger partial charge on any atom is 0.191 e. The van der Waals surface area contributed by atoms with Crippen molar-refractivity contribution in [2.45, 2.75) is 13.0 Å². The molecule has 1 fully saturated rings. The molecule has 6 nitrogen and oxygen atoms in total. The molecule has 2 aromatic rings. The van der Waals surface area contributed by atoms with Crippen molar-refractivity contribution < 1.29 is 0 Å². The monoisotopic (exact) mass is 504 g/mol. The SMILES string of the molecule is I.NC(=NCCN1CCc2sccc2C1)N1CCN(c2nccs2)CC1. The van der Waals surface area contributed by atoms with Crippen LogP contribution in [0, 0.1) is 0 Å². The van der Waals surface area contributed by atoms with E-state index in [9.17, 15) is 0 Å². The van der Waals surface area contributed by atoms with E-state index in [0.29, 0.717) is 5.96 Å². The minimum Gasteiger partial charge on any atom is -0.370 e. The third-order valence-electron chi connectivity index (χ3n) is 4.87. The predicted octanol–water partition coefficient (Wildman–Crippen LogP) is 2.32. The van der Waals surface area contributed by atoms with Crippen molar-refractivity contribution in [2.75, 3.05) is 50.7 Å². The van der Waals surface area contributed by atoms with Gasteiger partial charge in [-0.2, -0.15) is 0 Å². The van der Waals surface area contributed by atoms with Crippen molar-refractivity contribution in [3.05, 3.63) is 33.5 Å². The van der Waals surface area contributed by atoms with Crippen LogP contribution >= 0.6 is 46.7 Å². The first-order chi connectivity index (χ1) is 12.3. The van der Waals surface area contributed by atoms with Crippen LogP contribution in [0.3, 0.4) is 0 Å². The van der Waals surface area contributed by atoms with E-state index in [4.69, 9.17) is 5.73 Å². The van der Waals surface area contributed by atoms with Crippen molar-refractivity contribution in [3.63, 3.8) is 0 Å². The van der Waals surface area contributed by atoms with Gasteiger partial charge in [-0.3, -0.25) is 9.89 Å². The maximum atomic E-state index is 6.22. The van der Waals surface area contributed by atoms with Crippen LogP contribution in [0.1, 0.15) is 10.4 Å². The van der Waals surface area contributed by atoms with Crippen molar-refractivity contribution in [2.24, 2.45) is 10.7 Å². The van der Waals surface area contributed by atoms with Gasteiger partial charge in [0, 0.05) is 62.3 Å². The van der Waals surface area contributed by atoms with Crippen molar-refractivity contribution in [1.29, 1.82) is 0 Å². The molecule has 0 amide bonds. The highest BCUT2D eigenvalue weighted by atomic mass is 127. The van der Waals surface area contributed by atoms with E-state index in [1.54, 1.807) is 16.2 Å². The van der Waals surface area contributed by atoms with Crippen molar-refractivity contribution in [1.82, 2.24) is 14.8 Å². The Labute approximate surface area is 179 Å². The largest absolute Gasteiger partial charge is 0.370 e. The first kappa shape index (κ1) is 19.8. The van der Waals surface area contributed by atoms with Crippen LogP contribution in [0.4, 0.5) is 5.13 Å². The number of aromatic nitrogens is 1. The zero-order valence-corrected chi connectivity index (χ0v) is 18.7. The topological polar surface area (TPSA) is 61.0 Å². The van der Waals surface area contributed by atoms with E-state index < -0.39 is 0 Å². The second kappa shape index (κ2) is 9.34. The molecule has 2 aliphatic rings. The summed E-state index contributed by atoms with van der Waals surface area (Å²) in [5, 5.41) is 5.33. The van der Waals surface area contributed by atoms with Gasteiger partial charge in [0.25, 0.3) is 0 Å². The van der Waals surface area contributed by atoms with Crippen LogP contribution in [-0.4, -0.2) is 66.6 Å². The van der Waals surface area contributed by atoms with Crippen LogP contribution in [0.2, 0.25) is 0 Å². The summed E-state index contributed by atoms with van der Waals surface area (Å²) in [7, 11) is 0. The first-order valence-corrected chi connectivity index (χ1v) is 10.5. The highest BCUT2D eigenvalue weighted by Gasteiger charge is 2.20. The highest BCUT2D eigenvalue weighted by Crippen LogP contribution is 2.23. The van der Waals surface area contributed by atoms with Gasteiger partial charge in [0.15, 0.2) is 11.1 Å². The number of halogens is 1. The summed E-state index contributed by atoms with van der Waals surface area (Å²) in [6.45, 7) is 7.69. The fourth-order valence-electron chi connectivity index (χ4n) is 3.40. The van der Waals surface area contributed by atoms with Gasteiger partial charge < -0.3 is 15.5 Å². The van der Waals surface area contributed by atoms with Crippen LogP contribution in [0.5, 0.6) is 0 Å². The predicted molar refractivity (Wildman–Crippen MR) is 121 cm³/mol. The molecule has 2 N–H and O–H groups in total. The fraction of sp³-hybridized carbons (Fsp3) is 0.529. The number of nitrogens with two attached hydrogens (primary N) is 1. The highest BCUT2D eigenvalue weighted by molar-refractivity contribution is 14.0. The Morgan fingerprint density at radius 3 is 2.77 bits per heavy atom. The standard InChI is InChI=1S/C17H24N6S2.HI/c18-16(22-7-9-23(10-8-22)17-20-4-12-25-17)19-3-6-21-5-1-15-14(13-21)2-11-24-15;/h2,4,11-12H,1,3,5-10,13H2,(H2,18,19);1H. The zero-order chi connectivity index (χ0) is 17.1. The van der Waals surface area contributed by atoms with Crippen LogP contribution in [0.15, 0.2) is 28.0 Å². The Morgan fingerprint density at radius 2 is 2.00 bits per heavy atom. The number of hydrogen-bond acceptors (Lipinski definition) is 6. The molecule has 4 heterocycles. The van der Waals surface area contributed by atoms with E-state index in [2.05, 4.69) is 36.1 Å². The molecule has 26 heavy (non-hydrogen) atoms. The number of anilines is 1. The molecule has 0 unspecified atom stereocenters. The summed E-state index contributed by atoms with van der Waals surface area (Å²) < 4.78 is 0. The molecule has 2 aliphatic heterocycles.